The van der Waals surface area contributed by atoms with Crippen LogP contribution in [0, 0.1) is 5.39 Å². The lowest BCUT2D eigenvalue weighted by Crippen LogP contribution is -1.65. The van der Waals surface area contributed by atoms with E-state index in [9.17, 15) is 0 Å². The van der Waals surface area contributed by atoms with Crippen LogP contribution in [0.5, 0.6) is 5.75 Å². The summed E-state index contributed by atoms with van der Waals surface area (Å²) in [5.41, 5.74) is 0.115. The van der Waals surface area contributed by atoms with E-state index in [-0.39, 0.29) is 11.4 Å². The Balaban J connectivity index is 3.23. The Hall–Kier alpha value is -1.27. The predicted octanol–water partition coefficient (Wildman–Crippen LogP) is 2.53. The van der Waals surface area contributed by atoms with E-state index in [4.69, 9.17) is 22.1 Å². The van der Waals surface area contributed by atoms with Gasteiger partial charge in [-0.25, -0.2) is 0 Å². The van der Waals surface area contributed by atoms with Crippen molar-refractivity contribution in [1.82, 2.24) is 0 Å². The van der Waals surface area contributed by atoms with E-state index in [2.05, 4.69) is 4.98 Å². The Bertz CT molecular complexity index is 292. The Morgan fingerprint density at radius 2 is 2.20 bits per heavy atom. The van der Waals surface area contributed by atoms with Gasteiger partial charge in [0.25, 0.3) is 0 Å². The first-order valence-electron chi connectivity index (χ1n) is 2.57. The van der Waals surface area contributed by atoms with Gasteiger partial charge in [0.05, 0.1) is 0 Å². The smallest absolute Gasteiger partial charge is 0.426 e. The molecule has 3 nitrogen and oxygen atoms in total. The number of halogens is 1. The number of rotatable bonds is 0. The van der Waals surface area contributed by atoms with E-state index in [1.54, 1.807) is 0 Å². The van der Waals surface area contributed by atoms with Crippen molar-refractivity contribution in [1.29, 1.82) is 5.39 Å². The highest BCUT2D eigenvalue weighted by Gasteiger charge is 2.11. The molecular formula is C6H4ClN2O+. The van der Waals surface area contributed by atoms with Crippen molar-refractivity contribution < 1.29 is 5.11 Å². The average molecular weight is 156 g/mol. The molecule has 0 aliphatic rings. The maximum absolute atomic E-state index is 8.95. The zero-order valence-corrected chi connectivity index (χ0v) is 5.71. The quantitative estimate of drug-likeness (QED) is 0.586. The molecule has 0 spiro atoms. The Labute approximate surface area is 62.5 Å². The van der Waals surface area contributed by atoms with Gasteiger partial charge in [-0.1, -0.05) is 11.6 Å². The van der Waals surface area contributed by atoms with Crippen LogP contribution in [0.15, 0.2) is 18.2 Å². The highest BCUT2D eigenvalue weighted by Crippen LogP contribution is 2.28. The molecule has 0 saturated heterocycles. The van der Waals surface area contributed by atoms with Crippen LogP contribution in [0.1, 0.15) is 0 Å². The monoisotopic (exact) mass is 155 g/mol. The van der Waals surface area contributed by atoms with Crippen molar-refractivity contribution in [3.8, 4) is 5.75 Å². The second kappa shape index (κ2) is 2.54. The second-order valence-electron chi connectivity index (χ2n) is 1.73. The molecule has 1 aromatic carbocycles. The molecule has 0 aliphatic carbocycles. The number of nitrogens with zero attached hydrogens (tertiary/aromatic N) is 2. The van der Waals surface area contributed by atoms with Gasteiger partial charge in [0.2, 0.25) is 11.1 Å². The molecule has 4 heteroatoms. The lowest BCUT2D eigenvalue weighted by atomic mass is 10.3. The molecule has 0 aromatic heterocycles. The summed E-state index contributed by atoms with van der Waals surface area (Å²) in [7, 11) is 0. The summed E-state index contributed by atoms with van der Waals surface area (Å²) >= 11 is 5.49. The lowest BCUT2D eigenvalue weighted by Gasteiger charge is -1.85. The maximum Gasteiger partial charge on any atom is 0.426 e. The molecule has 50 valence electrons. The fourth-order valence-corrected chi connectivity index (χ4v) is 0.747. The third kappa shape index (κ3) is 1.17. The summed E-state index contributed by atoms with van der Waals surface area (Å²) in [6, 6.07) is 4.24. The fourth-order valence-electron chi connectivity index (χ4n) is 0.581. The van der Waals surface area contributed by atoms with E-state index in [0.29, 0.717) is 5.02 Å². The van der Waals surface area contributed by atoms with E-state index in [0.717, 1.165) is 0 Å². The van der Waals surface area contributed by atoms with E-state index < -0.39 is 0 Å². The Morgan fingerprint density at radius 1 is 1.50 bits per heavy atom. The summed E-state index contributed by atoms with van der Waals surface area (Å²) < 4.78 is 0. The third-order valence-corrected chi connectivity index (χ3v) is 1.28. The number of phenols is 1. The first-order valence-corrected chi connectivity index (χ1v) is 2.95. The summed E-state index contributed by atoms with van der Waals surface area (Å²) in [6.07, 6.45) is 0. The van der Waals surface area contributed by atoms with Crippen molar-refractivity contribution in [2.24, 2.45) is 0 Å². The molecule has 0 radical (unpaired) electrons. The van der Waals surface area contributed by atoms with Crippen molar-refractivity contribution in [3.63, 3.8) is 0 Å². The molecule has 0 saturated carbocycles. The van der Waals surface area contributed by atoms with Crippen molar-refractivity contribution in [2.75, 3.05) is 0 Å². The van der Waals surface area contributed by atoms with Gasteiger partial charge in [-0.3, -0.25) is 0 Å². The number of benzene rings is 1. The largest absolute Gasteiger partial charge is 0.501 e. The Kier molecular flexibility index (Phi) is 1.74. The van der Waals surface area contributed by atoms with Crippen LogP contribution in [0.2, 0.25) is 5.02 Å². The Morgan fingerprint density at radius 3 is 2.70 bits per heavy atom. The van der Waals surface area contributed by atoms with Gasteiger partial charge in [0.1, 0.15) is 0 Å². The molecule has 0 aliphatic heterocycles. The highest BCUT2D eigenvalue weighted by molar-refractivity contribution is 6.30. The minimum Gasteiger partial charge on any atom is -0.501 e. The molecule has 10 heavy (non-hydrogen) atoms. The molecule has 0 bridgehead atoms. The van der Waals surface area contributed by atoms with Crippen molar-refractivity contribution in [2.45, 2.75) is 0 Å². The standard InChI is InChI=1S/C6H3ClN2O/c7-4-1-2-5(9-8)6(10)3-4/h1-3H/p+1. The summed E-state index contributed by atoms with van der Waals surface area (Å²) in [5, 5.41) is 17.6. The average Bonchev–Trinajstić information content (AvgIpc) is 1.88. The molecule has 0 unspecified atom stereocenters. The van der Waals surface area contributed by atoms with Crippen LogP contribution in [0.4, 0.5) is 5.69 Å². The van der Waals surface area contributed by atoms with Gasteiger partial charge in [-0.05, 0) is 6.07 Å². The van der Waals surface area contributed by atoms with Gasteiger partial charge < -0.3 is 5.11 Å². The van der Waals surface area contributed by atoms with Crippen molar-refractivity contribution >= 4 is 17.3 Å². The molecule has 0 heterocycles. The first-order chi connectivity index (χ1) is 4.74. The molecule has 0 fully saturated rings. The summed E-state index contributed by atoms with van der Waals surface area (Å²) in [5.74, 6) is -0.130. The van der Waals surface area contributed by atoms with Crippen molar-refractivity contribution in [3.05, 3.63) is 28.2 Å². The highest BCUT2D eigenvalue weighted by atomic mass is 35.5. The molecule has 1 aromatic rings. The normalized spacial score (nSPS) is 8.80. The minimum absolute atomic E-state index is 0.115. The molecule has 0 amide bonds. The van der Waals surface area contributed by atoms with Gasteiger partial charge in [-0.2, -0.15) is 0 Å². The number of aromatic hydroxyl groups is 1. The van der Waals surface area contributed by atoms with Gasteiger partial charge >= 0.3 is 5.69 Å². The molecule has 0 atom stereocenters. The van der Waals surface area contributed by atoms with E-state index in [1.165, 1.54) is 18.2 Å². The number of phenolic OH excluding ortho intramolecular Hbond substituents is 1. The van der Waals surface area contributed by atoms with Crippen LogP contribution < -0.4 is 0 Å². The molecule has 1 rings (SSSR count). The third-order valence-electron chi connectivity index (χ3n) is 1.05. The SMILES string of the molecule is N#[N+]c1ccc(Cl)cc1O. The lowest BCUT2D eigenvalue weighted by molar-refractivity contribution is 0.478. The van der Waals surface area contributed by atoms with Gasteiger partial charge in [0.15, 0.2) is 4.98 Å². The summed E-state index contributed by atoms with van der Waals surface area (Å²) in [4.78, 5) is 2.80. The topological polar surface area (TPSA) is 48.4 Å². The van der Waals surface area contributed by atoms with E-state index >= 15 is 0 Å². The second-order valence-corrected chi connectivity index (χ2v) is 2.17. The molecular weight excluding hydrogens is 152 g/mol. The van der Waals surface area contributed by atoms with E-state index in [1.807, 2.05) is 0 Å². The van der Waals surface area contributed by atoms with Crippen LogP contribution in [-0.4, -0.2) is 5.11 Å². The number of hydrogen-bond acceptors (Lipinski definition) is 2. The number of diazo groups is 1. The fraction of sp³-hybridized carbons (Fsp3) is 0. The van der Waals surface area contributed by atoms with Gasteiger partial charge in [0, 0.05) is 17.2 Å². The zero-order valence-electron chi connectivity index (χ0n) is 4.95. The van der Waals surface area contributed by atoms with Crippen LogP contribution in [0.3, 0.4) is 0 Å². The summed E-state index contributed by atoms with van der Waals surface area (Å²) in [6.45, 7) is 0. The molecule has 1 N–H and O–H groups in total. The van der Waals surface area contributed by atoms with Crippen LogP contribution in [-0.2, 0) is 0 Å². The predicted molar refractivity (Wildman–Crippen MR) is 37.9 cm³/mol. The minimum atomic E-state index is -0.130. The maximum atomic E-state index is 8.95. The van der Waals surface area contributed by atoms with Crippen LogP contribution in [0.25, 0.3) is 4.98 Å². The van der Waals surface area contributed by atoms with Gasteiger partial charge in [-0.15, -0.1) is 0 Å². The number of hydrogen-bond donors (Lipinski definition) is 1. The first kappa shape index (κ1) is 6.84. The van der Waals surface area contributed by atoms with Crippen LogP contribution >= 0.6 is 11.6 Å². The zero-order chi connectivity index (χ0) is 7.56.